The number of carbonyl (C=O) groups is 2. The number of carboxylic acids is 1. The number of rotatable bonds is 3. The molecule has 2 N–H and O–H groups in total. The van der Waals surface area contributed by atoms with Crippen LogP contribution >= 0.6 is 0 Å². The molecule has 5 heteroatoms. The maximum atomic E-state index is 13.3. The van der Waals surface area contributed by atoms with Gasteiger partial charge in [0.2, 0.25) is 5.91 Å². The minimum Gasteiger partial charge on any atom is -0.481 e. The maximum absolute atomic E-state index is 13.3. The van der Waals surface area contributed by atoms with Crippen molar-refractivity contribution in [3.05, 3.63) is 40.7 Å². The Labute approximate surface area is 129 Å². The topological polar surface area (TPSA) is 66.4 Å². The number of aryl methyl sites for hydroxylation is 1. The highest BCUT2D eigenvalue weighted by molar-refractivity contribution is 5.96. The van der Waals surface area contributed by atoms with Gasteiger partial charge in [-0.3, -0.25) is 9.59 Å². The van der Waals surface area contributed by atoms with E-state index in [1.165, 1.54) is 12.1 Å². The molecule has 2 rings (SSSR count). The molecular weight excluding hydrogens is 285 g/mol. The molecule has 4 nitrogen and oxygen atoms in total. The standard InChI is InChI=1S/C17H20FNO3/c1-9-4-5-12(18)8-15(9)19-16(20)13-6-10(2)11(3)7-14(13)17(21)22/h4-5,8,13-14H,6-7H2,1-3H3,(H,19,20)(H,21,22). The molecule has 2 atom stereocenters. The van der Waals surface area contributed by atoms with Crippen molar-refractivity contribution in [2.75, 3.05) is 5.32 Å². The van der Waals surface area contributed by atoms with Crippen LogP contribution in [0, 0.1) is 24.6 Å². The minimum absolute atomic E-state index is 0.368. The van der Waals surface area contributed by atoms with Crippen molar-refractivity contribution in [2.45, 2.75) is 33.6 Å². The summed E-state index contributed by atoms with van der Waals surface area (Å²) in [6.45, 7) is 5.58. The van der Waals surface area contributed by atoms with E-state index in [2.05, 4.69) is 5.32 Å². The zero-order valence-electron chi connectivity index (χ0n) is 12.9. The number of carbonyl (C=O) groups excluding carboxylic acids is 1. The molecule has 22 heavy (non-hydrogen) atoms. The third-order valence-corrected chi connectivity index (χ3v) is 4.38. The van der Waals surface area contributed by atoms with Crippen molar-refractivity contribution in [3.63, 3.8) is 0 Å². The molecule has 1 aromatic carbocycles. The number of hydrogen-bond donors (Lipinski definition) is 2. The Morgan fingerprint density at radius 2 is 1.73 bits per heavy atom. The van der Waals surface area contributed by atoms with E-state index in [0.29, 0.717) is 18.5 Å². The van der Waals surface area contributed by atoms with Gasteiger partial charge < -0.3 is 10.4 Å². The summed E-state index contributed by atoms with van der Waals surface area (Å²) in [5, 5.41) is 12.0. The van der Waals surface area contributed by atoms with Crippen molar-refractivity contribution in [1.29, 1.82) is 0 Å². The van der Waals surface area contributed by atoms with Gasteiger partial charge in [0.25, 0.3) is 0 Å². The molecule has 118 valence electrons. The molecule has 0 aliphatic heterocycles. The Morgan fingerprint density at radius 3 is 2.32 bits per heavy atom. The number of halogens is 1. The second-order valence-corrected chi connectivity index (χ2v) is 5.97. The fraction of sp³-hybridized carbons (Fsp3) is 0.412. The van der Waals surface area contributed by atoms with E-state index in [4.69, 9.17) is 0 Å². The van der Waals surface area contributed by atoms with E-state index in [9.17, 15) is 19.1 Å². The Kier molecular flexibility index (Phi) is 4.64. The first-order valence-electron chi connectivity index (χ1n) is 7.24. The Balaban J connectivity index is 2.23. The summed E-state index contributed by atoms with van der Waals surface area (Å²) in [6.07, 6.45) is 0.796. The molecule has 0 fully saturated rings. The lowest BCUT2D eigenvalue weighted by atomic mass is 9.76. The van der Waals surface area contributed by atoms with Crippen molar-refractivity contribution in [1.82, 2.24) is 0 Å². The van der Waals surface area contributed by atoms with Crippen LogP contribution in [-0.2, 0) is 9.59 Å². The average Bonchev–Trinajstić information content (AvgIpc) is 2.45. The molecule has 2 unspecified atom stereocenters. The zero-order valence-corrected chi connectivity index (χ0v) is 12.9. The van der Waals surface area contributed by atoms with Gasteiger partial charge in [-0.05, 0) is 51.3 Å². The predicted molar refractivity (Wildman–Crippen MR) is 82.0 cm³/mol. The van der Waals surface area contributed by atoms with Crippen molar-refractivity contribution in [3.8, 4) is 0 Å². The molecule has 0 saturated carbocycles. The highest BCUT2D eigenvalue weighted by Crippen LogP contribution is 2.35. The molecule has 0 radical (unpaired) electrons. The summed E-state index contributed by atoms with van der Waals surface area (Å²) in [4.78, 5) is 23.9. The van der Waals surface area contributed by atoms with E-state index in [0.717, 1.165) is 16.7 Å². The smallest absolute Gasteiger partial charge is 0.307 e. The number of anilines is 1. The predicted octanol–water partition coefficient (Wildman–Crippen LogP) is 3.52. The minimum atomic E-state index is -0.969. The summed E-state index contributed by atoms with van der Waals surface area (Å²) in [6, 6.07) is 4.15. The van der Waals surface area contributed by atoms with Crippen molar-refractivity contribution >= 4 is 17.6 Å². The highest BCUT2D eigenvalue weighted by atomic mass is 19.1. The van der Waals surface area contributed by atoms with E-state index in [1.54, 1.807) is 13.0 Å². The lowest BCUT2D eigenvalue weighted by molar-refractivity contribution is -0.146. The summed E-state index contributed by atoms with van der Waals surface area (Å²) in [5.41, 5.74) is 3.20. The first kappa shape index (κ1) is 16.2. The second-order valence-electron chi connectivity index (χ2n) is 5.97. The molecule has 0 spiro atoms. The SMILES string of the molecule is CC1=C(C)CC(C(=O)Nc2cc(F)ccc2C)C(C(=O)O)C1. The van der Waals surface area contributed by atoms with Gasteiger partial charge >= 0.3 is 5.97 Å². The van der Waals surface area contributed by atoms with E-state index in [-0.39, 0.29) is 5.91 Å². The number of benzene rings is 1. The molecule has 0 saturated heterocycles. The third kappa shape index (κ3) is 3.35. The van der Waals surface area contributed by atoms with Crippen LogP contribution in [-0.4, -0.2) is 17.0 Å². The molecule has 1 aliphatic carbocycles. The normalized spacial score (nSPS) is 21.6. The molecule has 1 aromatic rings. The number of allylic oxidation sites excluding steroid dienone is 2. The Bertz CT molecular complexity index is 651. The van der Waals surface area contributed by atoms with Gasteiger partial charge in [-0.25, -0.2) is 4.39 Å². The average molecular weight is 305 g/mol. The maximum Gasteiger partial charge on any atom is 0.307 e. The van der Waals surface area contributed by atoms with Crippen molar-refractivity contribution < 1.29 is 19.1 Å². The van der Waals surface area contributed by atoms with Gasteiger partial charge in [-0.15, -0.1) is 0 Å². The lowest BCUT2D eigenvalue weighted by Gasteiger charge is -2.29. The number of aliphatic carboxylic acids is 1. The van der Waals surface area contributed by atoms with Crippen LogP contribution in [0.25, 0.3) is 0 Å². The Hall–Kier alpha value is -2.17. The highest BCUT2D eigenvalue weighted by Gasteiger charge is 2.37. The van der Waals surface area contributed by atoms with Crippen LogP contribution in [0.1, 0.15) is 32.3 Å². The molecule has 0 bridgehead atoms. The van der Waals surface area contributed by atoms with E-state index < -0.39 is 23.6 Å². The molecule has 1 amide bonds. The summed E-state index contributed by atoms with van der Waals surface area (Å²) in [7, 11) is 0. The van der Waals surface area contributed by atoms with E-state index in [1.807, 2.05) is 13.8 Å². The largest absolute Gasteiger partial charge is 0.481 e. The molecular formula is C17H20FNO3. The lowest BCUT2D eigenvalue weighted by Crippen LogP contribution is -2.36. The van der Waals surface area contributed by atoms with Crippen LogP contribution < -0.4 is 5.32 Å². The summed E-state index contributed by atoms with van der Waals surface area (Å²) >= 11 is 0. The number of amides is 1. The van der Waals surface area contributed by atoms with Crippen LogP contribution in [0.5, 0.6) is 0 Å². The number of hydrogen-bond acceptors (Lipinski definition) is 2. The fourth-order valence-electron chi connectivity index (χ4n) is 2.78. The zero-order chi connectivity index (χ0) is 16.4. The molecule has 1 aliphatic rings. The molecule has 0 heterocycles. The number of carboxylic acid groups (broad SMARTS) is 1. The third-order valence-electron chi connectivity index (χ3n) is 4.38. The van der Waals surface area contributed by atoms with Gasteiger partial charge in [0.05, 0.1) is 11.8 Å². The van der Waals surface area contributed by atoms with Gasteiger partial charge in [0, 0.05) is 5.69 Å². The van der Waals surface area contributed by atoms with Crippen molar-refractivity contribution in [2.24, 2.45) is 11.8 Å². The van der Waals surface area contributed by atoms with Crippen LogP contribution in [0.3, 0.4) is 0 Å². The fourth-order valence-corrected chi connectivity index (χ4v) is 2.78. The van der Waals surface area contributed by atoms with Gasteiger partial charge in [-0.2, -0.15) is 0 Å². The van der Waals surface area contributed by atoms with Crippen LogP contribution in [0.2, 0.25) is 0 Å². The van der Waals surface area contributed by atoms with Crippen LogP contribution in [0.4, 0.5) is 10.1 Å². The monoisotopic (exact) mass is 305 g/mol. The quantitative estimate of drug-likeness (QED) is 0.840. The number of nitrogens with one attached hydrogen (secondary N) is 1. The summed E-state index contributed by atoms with van der Waals surface area (Å²) in [5.74, 6) is -3.15. The first-order valence-corrected chi connectivity index (χ1v) is 7.24. The first-order chi connectivity index (χ1) is 10.3. The molecule has 0 aromatic heterocycles. The van der Waals surface area contributed by atoms with E-state index >= 15 is 0 Å². The van der Waals surface area contributed by atoms with Gasteiger partial charge in [0.1, 0.15) is 5.82 Å². The Morgan fingerprint density at radius 1 is 1.14 bits per heavy atom. The summed E-state index contributed by atoms with van der Waals surface area (Å²) < 4.78 is 13.3. The second kappa shape index (κ2) is 6.30. The van der Waals surface area contributed by atoms with Gasteiger partial charge in [-0.1, -0.05) is 17.2 Å². The van der Waals surface area contributed by atoms with Gasteiger partial charge in [0.15, 0.2) is 0 Å². The van der Waals surface area contributed by atoms with Crippen LogP contribution in [0.15, 0.2) is 29.3 Å².